The molecule has 3 aromatic rings. The van der Waals surface area contributed by atoms with E-state index in [1.807, 2.05) is 29.3 Å². The highest BCUT2D eigenvalue weighted by Gasteiger charge is 2.40. The highest BCUT2D eigenvalue weighted by molar-refractivity contribution is 5.88. The van der Waals surface area contributed by atoms with E-state index in [1.165, 1.54) is 0 Å². The number of rotatable bonds is 4. The molecule has 0 radical (unpaired) electrons. The van der Waals surface area contributed by atoms with Crippen molar-refractivity contribution in [2.75, 3.05) is 13.1 Å². The molecule has 154 valence electrons. The maximum atomic E-state index is 15.4. The number of alkyl halides is 1. The normalized spacial score (nSPS) is 18.5. The maximum absolute atomic E-state index is 15.4. The van der Waals surface area contributed by atoms with Gasteiger partial charge in [-0.1, -0.05) is 42.5 Å². The molecule has 0 spiro atoms. The standard InChI is InChI=1S/C26H27FN2O/c1-18-23(11-10-21-3-2-14-28-24(18)21)20-6-4-19(5-7-20)17-26(27)12-15-29(16-13-26)25(30)22-8-9-22/h2-7,10-11,14,22H,8-9,12-13,15-17H2,1H3. The van der Waals surface area contributed by atoms with Gasteiger partial charge in [0.2, 0.25) is 5.91 Å². The second-order valence-corrected chi connectivity index (χ2v) is 8.94. The predicted octanol–water partition coefficient (Wildman–Crippen LogP) is 5.49. The van der Waals surface area contributed by atoms with Crippen LogP contribution in [0.15, 0.2) is 54.7 Å². The van der Waals surface area contributed by atoms with E-state index in [-0.39, 0.29) is 11.8 Å². The molecule has 2 heterocycles. The van der Waals surface area contributed by atoms with Gasteiger partial charge in [-0.2, -0.15) is 0 Å². The van der Waals surface area contributed by atoms with E-state index in [9.17, 15) is 4.79 Å². The van der Waals surface area contributed by atoms with Gasteiger partial charge >= 0.3 is 0 Å². The third kappa shape index (κ3) is 3.71. The zero-order chi connectivity index (χ0) is 20.7. The molecule has 0 bridgehead atoms. The molecular formula is C26H27FN2O. The number of hydrogen-bond donors (Lipinski definition) is 0. The number of carbonyl (C=O) groups excluding carboxylic acids is 1. The number of halogens is 1. The number of pyridine rings is 1. The van der Waals surface area contributed by atoms with E-state index in [0.29, 0.717) is 32.4 Å². The van der Waals surface area contributed by atoms with Gasteiger partial charge in [-0.05, 0) is 60.9 Å². The third-order valence-corrected chi connectivity index (χ3v) is 6.71. The number of nitrogens with zero attached hydrogens (tertiary/aromatic N) is 2. The smallest absolute Gasteiger partial charge is 0.225 e. The molecular weight excluding hydrogens is 375 g/mol. The Balaban J connectivity index is 1.29. The van der Waals surface area contributed by atoms with Crippen molar-refractivity contribution in [3.05, 3.63) is 65.9 Å². The first-order valence-electron chi connectivity index (χ1n) is 10.9. The Morgan fingerprint density at radius 3 is 2.53 bits per heavy atom. The first-order valence-corrected chi connectivity index (χ1v) is 10.9. The van der Waals surface area contributed by atoms with Gasteiger partial charge in [-0.15, -0.1) is 0 Å². The third-order valence-electron chi connectivity index (χ3n) is 6.71. The van der Waals surface area contributed by atoms with Crippen LogP contribution in [0, 0.1) is 12.8 Å². The van der Waals surface area contributed by atoms with Crippen LogP contribution >= 0.6 is 0 Å². The lowest BCUT2D eigenvalue weighted by atomic mass is 9.86. The fraction of sp³-hybridized carbons (Fsp3) is 0.385. The Morgan fingerprint density at radius 1 is 1.10 bits per heavy atom. The van der Waals surface area contributed by atoms with Crippen molar-refractivity contribution in [1.29, 1.82) is 0 Å². The molecule has 2 aromatic carbocycles. The summed E-state index contributed by atoms with van der Waals surface area (Å²) in [5, 5.41) is 1.14. The van der Waals surface area contributed by atoms with E-state index >= 15 is 4.39 Å². The first kappa shape index (κ1) is 19.2. The lowest BCUT2D eigenvalue weighted by Crippen LogP contribution is -2.46. The van der Waals surface area contributed by atoms with Gasteiger partial charge < -0.3 is 4.90 Å². The van der Waals surface area contributed by atoms with Crippen LogP contribution in [-0.4, -0.2) is 34.5 Å². The molecule has 4 heteroatoms. The van der Waals surface area contributed by atoms with Gasteiger partial charge in [0.05, 0.1) is 5.52 Å². The average Bonchev–Trinajstić information content (AvgIpc) is 3.60. The lowest BCUT2D eigenvalue weighted by Gasteiger charge is -2.36. The SMILES string of the molecule is Cc1c(-c2ccc(CC3(F)CCN(C(=O)C4CC4)CC3)cc2)ccc2cccnc12. The molecule has 1 saturated heterocycles. The number of hydrogen-bond acceptors (Lipinski definition) is 2. The Hall–Kier alpha value is -2.75. The van der Waals surface area contributed by atoms with Crippen LogP contribution in [0.25, 0.3) is 22.0 Å². The zero-order valence-electron chi connectivity index (χ0n) is 17.4. The van der Waals surface area contributed by atoms with Gasteiger partial charge in [-0.25, -0.2) is 4.39 Å². The Morgan fingerprint density at radius 2 is 1.83 bits per heavy atom. The van der Waals surface area contributed by atoms with Crippen LogP contribution in [0.5, 0.6) is 0 Å². The summed E-state index contributed by atoms with van der Waals surface area (Å²) < 4.78 is 15.4. The molecule has 0 unspecified atom stereocenters. The number of piperidine rings is 1. The number of aryl methyl sites for hydroxylation is 1. The van der Waals surface area contributed by atoms with Gasteiger partial charge in [0.25, 0.3) is 0 Å². The van der Waals surface area contributed by atoms with Gasteiger partial charge in [0, 0.05) is 37.0 Å². The van der Waals surface area contributed by atoms with Crippen molar-refractivity contribution >= 4 is 16.8 Å². The molecule has 3 nitrogen and oxygen atoms in total. The highest BCUT2D eigenvalue weighted by Crippen LogP contribution is 2.36. The molecule has 1 aliphatic carbocycles. The maximum Gasteiger partial charge on any atom is 0.225 e. The summed E-state index contributed by atoms with van der Waals surface area (Å²) in [5.41, 5.74) is 4.27. The summed E-state index contributed by atoms with van der Waals surface area (Å²) in [6.45, 7) is 3.20. The molecule has 0 atom stereocenters. The molecule has 0 N–H and O–H groups in total. The second kappa shape index (κ2) is 7.50. The minimum Gasteiger partial charge on any atom is -0.342 e. The van der Waals surface area contributed by atoms with Crippen molar-refractivity contribution in [3.8, 4) is 11.1 Å². The van der Waals surface area contributed by atoms with Crippen LogP contribution in [0.2, 0.25) is 0 Å². The fourth-order valence-electron chi connectivity index (χ4n) is 4.67. The topological polar surface area (TPSA) is 33.2 Å². The number of carbonyl (C=O) groups is 1. The summed E-state index contributed by atoms with van der Waals surface area (Å²) in [5.74, 6) is 0.458. The van der Waals surface area contributed by atoms with Crippen LogP contribution in [0.4, 0.5) is 4.39 Å². The van der Waals surface area contributed by atoms with E-state index in [1.54, 1.807) is 0 Å². The molecule has 30 heavy (non-hydrogen) atoms. The zero-order valence-corrected chi connectivity index (χ0v) is 17.4. The average molecular weight is 403 g/mol. The summed E-state index contributed by atoms with van der Waals surface area (Å²) in [6, 6.07) is 16.5. The Kier molecular flexibility index (Phi) is 4.80. The monoisotopic (exact) mass is 402 g/mol. The summed E-state index contributed by atoms with van der Waals surface area (Å²) in [4.78, 5) is 18.6. The molecule has 1 amide bonds. The van der Waals surface area contributed by atoms with E-state index in [2.05, 4.69) is 42.2 Å². The molecule has 2 fully saturated rings. The Bertz CT molecular complexity index is 1080. The van der Waals surface area contributed by atoms with E-state index in [0.717, 1.165) is 46.0 Å². The summed E-state index contributed by atoms with van der Waals surface area (Å²) in [7, 11) is 0. The summed E-state index contributed by atoms with van der Waals surface area (Å²) in [6.07, 6.45) is 5.12. The highest BCUT2D eigenvalue weighted by atomic mass is 19.1. The lowest BCUT2D eigenvalue weighted by molar-refractivity contribution is -0.135. The number of benzene rings is 2. The van der Waals surface area contributed by atoms with Crippen molar-refractivity contribution < 1.29 is 9.18 Å². The number of aromatic nitrogens is 1. The van der Waals surface area contributed by atoms with Crippen molar-refractivity contribution in [1.82, 2.24) is 9.88 Å². The van der Waals surface area contributed by atoms with Crippen LogP contribution in [-0.2, 0) is 11.2 Å². The van der Waals surface area contributed by atoms with Crippen molar-refractivity contribution in [2.45, 2.75) is 44.7 Å². The van der Waals surface area contributed by atoms with Crippen LogP contribution in [0.1, 0.15) is 36.8 Å². The first-order chi connectivity index (χ1) is 14.5. The van der Waals surface area contributed by atoms with Gasteiger partial charge in [0.1, 0.15) is 5.67 Å². The van der Waals surface area contributed by atoms with Crippen molar-refractivity contribution in [2.24, 2.45) is 5.92 Å². The van der Waals surface area contributed by atoms with Crippen LogP contribution in [0.3, 0.4) is 0 Å². The summed E-state index contributed by atoms with van der Waals surface area (Å²) >= 11 is 0. The fourth-order valence-corrected chi connectivity index (χ4v) is 4.67. The molecule has 1 aliphatic heterocycles. The molecule has 1 aromatic heterocycles. The van der Waals surface area contributed by atoms with Gasteiger partial charge in [-0.3, -0.25) is 9.78 Å². The Labute approximate surface area is 176 Å². The second-order valence-electron chi connectivity index (χ2n) is 8.94. The minimum absolute atomic E-state index is 0.221. The number of amides is 1. The molecule has 5 rings (SSSR count). The van der Waals surface area contributed by atoms with Crippen molar-refractivity contribution in [3.63, 3.8) is 0 Å². The van der Waals surface area contributed by atoms with E-state index < -0.39 is 5.67 Å². The quantitative estimate of drug-likeness (QED) is 0.578. The largest absolute Gasteiger partial charge is 0.342 e. The number of likely N-dealkylation sites (tertiary alicyclic amines) is 1. The molecule has 1 saturated carbocycles. The number of fused-ring (bicyclic) bond motifs is 1. The minimum atomic E-state index is -1.22. The molecule has 2 aliphatic rings. The van der Waals surface area contributed by atoms with E-state index in [4.69, 9.17) is 0 Å². The van der Waals surface area contributed by atoms with Gasteiger partial charge in [0.15, 0.2) is 0 Å². The van der Waals surface area contributed by atoms with Crippen LogP contribution < -0.4 is 0 Å². The predicted molar refractivity (Wildman–Crippen MR) is 118 cm³/mol.